The molecule has 1 aromatic rings. The molecule has 1 aliphatic rings. The molecular formula is C7H11N3O2S. The Morgan fingerprint density at radius 1 is 1.62 bits per heavy atom. The maximum Gasteiger partial charge on any atom is 0.253 e. The SMILES string of the molecule is CCS(=O)(=O)n1cc2c(n1)CNC2. The van der Waals surface area contributed by atoms with Crippen LogP contribution in [0.5, 0.6) is 0 Å². The van der Waals surface area contributed by atoms with Gasteiger partial charge in [-0.15, -0.1) is 0 Å². The average Bonchev–Trinajstić information content (AvgIpc) is 2.61. The normalized spacial score (nSPS) is 16.1. The average molecular weight is 201 g/mol. The van der Waals surface area contributed by atoms with Gasteiger partial charge in [0, 0.05) is 24.8 Å². The summed E-state index contributed by atoms with van der Waals surface area (Å²) in [6.45, 7) is 3.00. The van der Waals surface area contributed by atoms with Crippen LogP contribution >= 0.6 is 0 Å². The van der Waals surface area contributed by atoms with E-state index in [0.717, 1.165) is 15.3 Å². The highest BCUT2D eigenvalue weighted by Gasteiger charge is 2.19. The molecule has 0 bridgehead atoms. The van der Waals surface area contributed by atoms with Crippen LogP contribution in [0.1, 0.15) is 18.2 Å². The molecule has 1 aliphatic heterocycles. The van der Waals surface area contributed by atoms with Crippen molar-refractivity contribution in [2.24, 2.45) is 0 Å². The Morgan fingerprint density at radius 2 is 2.38 bits per heavy atom. The van der Waals surface area contributed by atoms with Gasteiger partial charge in [0.2, 0.25) is 0 Å². The molecule has 2 rings (SSSR count). The smallest absolute Gasteiger partial charge is 0.253 e. The highest BCUT2D eigenvalue weighted by atomic mass is 32.2. The summed E-state index contributed by atoms with van der Waals surface area (Å²) in [7, 11) is -3.20. The van der Waals surface area contributed by atoms with Crippen molar-refractivity contribution in [2.75, 3.05) is 5.75 Å². The lowest BCUT2D eigenvalue weighted by Crippen LogP contribution is -2.16. The van der Waals surface area contributed by atoms with Crippen molar-refractivity contribution in [1.29, 1.82) is 0 Å². The van der Waals surface area contributed by atoms with Gasteiger partial charge in [0.05, 0.1) is 11.4 Å². The van der Waals surface area contributed by atoms with E-state index in [1.165, 1.54) is 0 Å². The Balaban J connectivity index is 2.45. The monoisotopic (exact) mass is 201 g/mol. The molecule has 0 radical (unpaired) electrons. The fraction of sp³-hybridized carbons (Fsp3) is 0.571. The Kier molecular flexibility index (Phi) is 1.88. The van der Waals surface area contributed by atoms with Crippen molar-refractivity contribution < 1.29 is 8.42 Å². The summed E-state index contributed by atoms with van der Waals surface area (Å²) in [6, 6.07) is 0. The van der Waals surface area contributed by atoms with Gasteiger partial charge in [-0.25, -0.2) is 8.42 Å². The van der Waals surface area contributed by atoms with Gasteiger partial charge in [0.1, 0.15) is 0 Å². The van der Waals surface area contributed by atoms with Gasteiger partial charge >= 0.3 is 0 Å². The molecule has 6 heteroatoms. The number of hydrogen-bond donors (Lipinski definition) is 1. The van der Waals surface area contributed by atoms with Gasteiger partial charge in [-0.3, -0.25) is 0 Å². The van der Waals surface area contributed by atoms with Gasteiger partial charge in [0.25, 0.3) is 10.0 Å². The molecule has 1 N–H and O–H groups in total. The third kappa shape index (κ3) is 1.36. The second kappa shape index (κ2) is 2.81. The highest BCUT2D eigenvalue weighted by Crippen LogP contribution is 2.13. The van der Waals surface area contributed by atoms with Crippen molar-refractivity contribution >= 4 is 10.0 Å². The quantitative estimate of drug-likeness (QED) is 0.712. The second-order valence-electron chi connectivity index (χ2n) is 2.98. The number of rotatable bonds is 2. The topological polar surface area (TPSA) is 64.0 Å². The lowest BCUT2D eigenvalue weighted by Gasteiger charge is -1.99. The van der Waals surface area contributed by atoms with Gasteiger partial charge in [0.15, 0.2) is 0 Å². The van der Waals surface area contributed by atoms with Crippen molar-refractivity contribution in [3.8, 4) is 0 Å². The highest BCUT2D eigenvalue weighted by molar-refractivity contribution is 7.89. The first kappa shape index (κ1) is 8.71. The van der Waals surface area contributed by atoms with E-state index in [2.05, 4.69) is 10.4 Å². The van der Waals surface area contributed by atoms with Crippen LogP contribution in [0.25, 0.3) is 0 Å². The minimum absolute atomic E-state index is 0.0843. The third-order valence-corrected chi connectivity index (χ3v) is 3.60. The fourth-order valence-electron chi connectivity index (χ4n) is 1.31. The summed E-state index contributed by atoms with van der Waals surface area (Å²) in [5, 5.41) is 7.09. The van der Waals surface area contributed by atoms with Gasteiger partial charge in [-0.05, 0) is 6.92 Å². The number of nitrogens with one attached hydrogen (secondary N) is 1. The Labute approximate surface area is 76.8 Å². The summed E-state index contributed by atoms with van der Waals surface area (Å²) < 4.78 is 23.9. The van der Waals surface area contributed by atoms with Crippen LogP contribution in [0.15, 0.2) is 6.20 Å². The minimum atomic E-state index is -3.20. The number of aromatic nitrogens is 2. The number of fused-ring (bicyclic) bond motifs is 1. The van der Waals surface area contributed by atoms with Crippen LogP contribution in [0, 0.1) is 0 Å². The second-order valence-corrected chi connectivity index (χ2v) is 5.09. The standard InChI is InChI=1S/C7H11N3O2S/c1-2-13(11,12)10-5-6-3-8-4-7(6)9-10/h5,8H,2-4H2,1H3. The van der Waals surface area contributed by atoms with Crippen molar-refractivity contribution in [2.45, 2.75) is 20.0 Å². The molecule has 0 saturated heterocycles. The first-order valence-corrected chi connectivity index (χ1v) is 5.76. The lowest BCUT2D eigenvalue weighted by atomic mass is 10.3. The third-order valence-electron chi connectivity index (χ3n) is 2.11. The molecule has 0 amide bonds. The number of hydrogen-bond acceptors (Lipinski definition) is 4. The summed E-state index contributed by atoms with van der Waals surface area (Å²) in [5.74, 6) is 0.0843. The van der Waals surface area contributed by atoms with Crippen molar-refractivity contribution in [1.82, 2.24) is 14.5 Å². The van der Waals surface area contributed by atoms with E-state index in [4.69, 9.17) is 0 Å². The van der Waals surface area contributed by atoms with Gasteiger partial charge in [-0.1, -0.05) is 0 Å². The molecule has 72 valence electrons. The Morgan fingerprint density at radius 3 is 3.00 bits per heavy atom. The molecule has 0 unspecified atom stereocenters. The molecule has 0 spiro atoms. The lowest BCUT2D eigenvalue weighted by molar-refractivity contribution is 0.579. The van der Waals surface area contributed by atoms with E-state index in [1.54, 1.807) is 13.1 Å². The van der Waals surface area contributed by atoms with Crippen molar-refractivity contribution in [3.05, 3.63) is 17.5 Å². The molecule has 13 heavy (non-hydrogen) atoms. The molecule has 0 saturated carbocycles. The molecule has 0 aromatic carbocycles. The van der Waals surface area contributed by atoms with Crippen LogP contribution in [0.2, 0.25) is 0 Å². The van der Waals surface area contributed by atoms with Crippen LogP contribution in [-0.2, 0) is 23.1 Å². The minimum Gasteiger partial charge on any atom is -0.307 e. The zero-order valence-corrected chi connectivity index (χ0v) is 8.13. The predicted molar refractivity (Wildman–Crippen MR) is 47.6 cm³/mol. The van der Waals surface area contributed by atoms with Crippen molar-refractivity contribution in [3.63, 3.8) is 0 Å². The van der Waals surface area contributed by atoms with Gasteiger partial charge in [-0.2, -0.15) is 9.19 Å². The molecule has 5 nitrogen and oxygen atoms in total. The first-order chi connectivity index (χ1) is 6.13. The summed E-state index contributed by atoms with van der Waals surface area (Å²) in [4.78, 5) is 0. The number of nitrogens with zero attached hydrogens (tertiary/aromatic N) is 2. The zero-order valence-electron chi connectivity index (χ0n) is 7.32. The summed E-state index contributed by atoms with van der Waals surface area (Å²) in [5.41, 5.74) is 1.83. The molecule has 0 aliphatic carbocycles. The van der Waals surface area contributed by atoms with Crippen LogP contribution in [0.4, 0.5) is 0 Å². The van der Waals surface area contributed by atoms with E-state index in [-0.39, 0.29) is 5.75 Å². The first-order valence-electron chi connectivity index (χ1n) is 4.15. The van der Waals surface area contributed by atoms with E-state index in [1.807, 2.05) is 0 Å². The molecule has 1 aromatic heterocycles. The fourth-order valence-corrected chi connectivity index (χ4v) is 2.08. The van der Waals surface area contributed by atoms with Crippen LogP contribution in [0.3, 0.4) is 0 Å². The summed E-state index contributed by atoms with van der Waals surface area (Å²) >= 11 is 0. The van der Waals surface area contributed by atoms with Crippen LogP contribution in [-0.4, -0.2) is 23.4 Å². The van der Waals surface area contributed by atoms with E-state index < -0.39 is 10.0 Å². The predicted octanol–water partition coefficient (Wildman–Crippen LogP) is -0.316. The van der Waals surface area contributed by atoms with E-state index in [9.17, 15) is 8.42 Å². The molecule has 2 heterocycles. The maximum atomic E-state index is 11.4. The van der Waals surface area contributed by atoms with E-state index in [0.29, 0.717) is 13.1 Å². The van der Waals surface area contributed by atoms with Crippen LogP contribution < -0.4 is 5.32 Å². The largest absolute Gasteiger partial charge is 0.307 e. The Hall–Kier alpha value is -0.880. The molecular weight excluding hydrogens is 190 g/mol. The maximum absolute atomic E-state index is 11.4. The van der Waals surface area contributed by atoms with E-state index >= 15 is 0 Å². The molecule has 0 fully saturated rings. The zero-order chi connectivity index (χ0) is 9.47. The van der Waals surface area contributed by atoms with Gasteiger partial charge < -0.3 is 5.32 Å². The molecule has 0 atom stereocenters. The Bertz CT molecular complexity index is 399. The summed E-state index contributed by atoms with van der Waals surface area (Å²) in [6.07, 6.45) is 1.59.